The fourth-order valence-corrected chi connectivity index (χ4v) is 5.81. The average molecular weight is 684 g/mol. The predicted octanol–water partition coefficient (Wildman–Crippen LogP) is 11.6. The first-order valence-electron chi connectivity index (χ1n) is 18.0. The van der Waals surface area contributed by atoms with Gasteiger partial charge in [0.1, 0.15) is 17.5 Å². The van der Waals surface area contributed by atoms with E-state index in [1.54, 1.807) is 38.1 Å². The SMILES string of the molecule is CC(C)c1cc(C(C)(C)O)ccc1F.CC(C)c1cc(CN2CC3(COC3)C2)ccc1F.CC(C)c1ccc(C(C)(C)C)cc1F.CCC. The summed E-state index contributed by atoms with van der Waals surface area (Å²) in [5.41, 5.74) is 4.89. The van der Waals surface area contributed by atoms with Crippen LogP contribution in [0.2, 0.25) is 0 Å². The number of hydrogen-bond donors (Lipinski definition) is 1. The molecule has 49 heavy (non-hydrogen) atoms. The first-order valence-corrected chi connectivity index (χ1v) is 18.0. The highest BCUT2D eigenvalue weighted by Gasteiger charge is 2.48. The summed E-state index contributed by atoms with van der Waals surface area (Å²) < 4.78 is 45.8. The Morgan fingerprint density at radius 3 is 1.55 bits per heavy atom. The van der Waals surface area contributed by atoms with Crippen molar-refractivity contribution in [3.05, 3.63) is 105 Å². The maximum atomic E-state index is 13.6. The van der Waals surface area contributed by atoms with Crippen LogP contribution in [0, 0.1) is 22.9 Å². The molecule has 0 aliphatic carbocycles. The molecule has 1 N–H and O–H groups in total. The summed E-state index contributed by atoms with van der Waals surface area (Å²) in [5.74, 6) is 0.274. The number of aliphatic hydroxyl groups is 1. The lowest BCUT2D eigenvalue weighted by atomic mass is 9.78. The Morgan fingerprint density at radius 2 is 1.14 bits per heavy atom. The topological polar surface area (TPSA) is 32.7 Å². The van der Waals surface area contributed by atoms with Crippen LogP contribution in [0.5, 0.6) is 0 Å². The Bertz CT molecular complexity index is 1450. The molecule has 274 valence electrons. The zero-order valence-electron chi connectivity index (χ0n) is 32.6. The molecule has 0 radical (unpaired) electrons. The molecule has 0 saturated carbocycles. The van der Waals surface area contributed by atoms with E-state index in [0.717, 1.165) is 55.1 Å². The Labute approximate surface area is 296 Å². The van der Waals surface area contributed by atoms with Crippen molar-refractivity contribution in [1.29, 1.82) is 0 Å². The molecule has 2 aliphatic heterocycles. The molecule has 5 rings (SSSR count). The van der Waals surface area contributed by atoms with Crippen molar-refractivity contribution in [2.45, 2.75) is 132 Å². The molecule has 3 aromatic carbocycles. The van der Waals surface area contributed by atoms with E-state index >= 15 is 0 Å². The van der Waals surface area contributed by atoms with Gasteiger partial charge in [-0.3, -0.25) is 4.90 Å². The van der Waals surface area contributed by atoms with Crippen molar-refractivity contribution in [2.75, 3.05) is 26.3 Å². The third-order valence-corrected chi connectivity index (χ3v) is 8.84. The maximum Gasteiger partial charge on any atom is 0.126 e. The largest absolute Gasteiger partial charge is 0.386 e. The van der Waals surface area contributed by atoms with Crippen LogP contribution in [0.15, 0.2) is 54.6 Å². The Kier molecular flexibility index (Phi) is 15.6. The summed E-state index contributed by atoms with van der Waals surface area (Å²) in [6.07, 6.45) is 1.25. The second-order valence-electron chi connectivity index (χ2n) is 16.4. The van der Waals surface area contributed by atoms with Gasteiger partial charge in [0, 0.05) is 25.0 Å². The molecule has 3 aromatic rings. The number of rotatable bonds is 6. The molecule has 0 aromatic heterocycles. The number of halogens is 3. The Hall–Kier alpha value is -2.67. The summed E-state index contributed by atoms with van der Waals surface area (Å²) in [6.45, 7) is 30.9. The third-order valence-electron chi connectivity index (χ3n) is 8.84. The predicted molar refractivity (Wildman–Crippen MR) is 200 cm³/mol. The van der Waals surface area contributed by atoms with Gasteiger partial charge in [0.25, 0.3) is 0 Å². The lowest BCUT2D eigenvalue weighted by molar-refractivity contribution is -0.191. The first kappa shape index (κ1) is 42.5. The molecule has 1 spiro atoms. The highest BCUT2D eigenvalue weighted by atomic mass is 19.1. The van der Waals surface area contributed by atoms with Crippen LogP contribution in [0.25, 0.3) is 0 Å². The van der Waals surface area contributed by atoms with Crippen LogP contribution in [0.4, 0.5) is 13.2 Å². The first-order chi connectivity index (χ1) is 22.6. The standard InChI is InChI=1S/C15H20FNO.C13H19F.C12H17FO.C3H8/c1-11(2)13-5-12(3-4-14(13)16)6-17-7-15(8-17)9-18-10-15;1-9(2)11-7-6-10(8-12(11)14)13(3,4)5;1-8(2)10-7-9(12(3,4)14)5-6-11(10)13;1-3-2/h3-5,11H,6-10H2,1-2H3;6-9H,1-5H3;5-8,14H,1-4H3;3H2,1-2H3. The minimum absolute atomic E-state index is 0.0242. The van der Waals surface area contributed by atoms with Gasteiger partial charge in [-0.1, -0.05) is 113 Å². The Morgan fingerprint density at radius 1 is 0.673 bits per heavy atom. The van der Waals surface area contributed by atoms with Gasteiger partial charge < -0.3 is 9.84 Å². The van der Waals surface area contributed by atoms with Crippen molar-refractivity contribution in [1.82, 2.24) is 4.90 Å². The normalized spacial score (nSPS) is 15.4. The minimum atomic E-state index is -0.905. The lowest BCUT2D eigenvalue weighted by Crippen LogP contribution is -2.65. The monoisotopic (exact) mass is 683 g/mol. The maximum absolute atomic E-state index is 13.6. The Balaban J connectivity index is 0.000000248. The lowest BCUT2D eigenvalue weighted by Gasteiger charge is -2.55. The summed E-state index contributed by atoms with van der Waals surface area (Å²) in [6, 6.07) is 15.9. The summed E-state index contributed by atoms with van der Waals surface area (Å²) in [7, 11) is 0. The molecule has 2 saturated heterocycles. The number of likely N-dealkylation sites (tertiary alicyclic amines) is 1. The van der Waals surface area contributed by atoms with Crippen LogP contribution in [0.1, 0.15) is 148 Å². The second kappa shape index (κ2) is 18.0. The molecule has 0 amide bonds. The van der Waals surface area contributed by atoms with Crippen LogP contribution in [-0.4, -0.2) is 36.3 Å². The summed E-state index contributed by atoms with van der Waals surface area (Å²) in [4.78, 5) is 2.42. The van der Waals surface area contributed by atoms with Gasteiger partial charge in [-0.15, -0.1) is 0 Å². The van der Waals surface area contributed by atoms with Gasteiger partial charge in [0.05, 0.1) is 18.8 Å². The van der Waals surface area contributed by atoms with Crippen LogP contribution >= 0.6 is 0 Å². The summed E-state index contributed by atoms with van der Waals surface area (Å²) >= 11 is 0. The van der Waals surface area contributed by atoms with E-state index in [1.807, 2.05) is 65.8 Å². The van der Waals surface area contributed by atoms with E-state index in [9.17, 15) is 18.3 Å². The second-order valence-corrected chi connectivity index (χ2v) is 16.4. The van der Waals surface area contributed by atoms with Gasteiger partial charge in [0.2, 0.25) is 0 Å². The van der Waals surface area contributed by atoms with Crippen molar-refractivity contribution in [3.8, 4) is 0 Å². The highest BCUT2D eigenvalue weighted by Crippen LogP contribution is 2.38. The van der Waals surface area contributed by atoms with E-state index in [2.05, 4.69) is 39.5 Å². The number of benzene rings is 3. The zero-order chi connectivity index (χ0) is 37.3. The van der Waals surface area contributed by atoms with Gasteiger partial charge in [0.15, 0.2) is 0 Å². The van der Waals surface area contributed by atoms with Gasteiger partial charge in [-0.05, 0) is 94.7 Å². The van der Waals surface area contributed by atoms with Crippen molar-refractivity contribution >= 4 is 0 Å². The van der Waals surface area contributed by atoms with E-state index in [4.69, 9.17) is 4.74 Å². The van der Waals surface area contributed by atoms with E-state index in [-0.39, 0.29) is 40.6 Å². The number of nitrogens with zero attached hydrogens (tertiary/aromatic N) is 1. The molecule has 2 heterocycles. The molecule has 6 heteroatoms. The molecule has 3 nitrogen and oxygen atoms in total. The van der Waals surface area contributed by atoms with Crippen molar-refractivity contribution in [3.63, 3.8) is 0 Å². The van der Waals surface area contributed by atoms with Gasteiger partial charge in [-0.25, -0.2) is 13.2 Å². The van der Waals surface area contributed by atoms with Gasteiger partial charge >= 0.3 is 0 Å². The summed E-state index contributed by atoms with van der Waals surface area (Å²) in [5, 5.41) is 9.76. The van der Waals surface area contributed by atoms with E-state index < -0.39 is 5.60 Å². The van der Waals surface area contributed by atoms with Crippen molar-refractivity contribution in [2.24, 2.45) is 5.41 Å². The average Bonchev–Trinajstić information content (AvgIpc) is 2.94. The fourth-order valence-electron chi connectivity index (χ4n) is 5.81. The van der Waals surface area contributed by atoms with E-state index in [1.165, 1.54) is 18.1 Å². The fraction of sp³-hybridized carbons (Fsp3) is 0.581. The molecule has 0 bridgehead atoms. The van der Waals surface area contributed by atoms with Crippen LogP contribution < -0.4 is 0 Å². The molecule has 2 fully saturated rings. The van der Waals surface area contributed by atoms with Crippen LogP contribution in [-0.2, 0) is 22.3 Å². The smallest absolute Gasteiger partial charge is 0.126 e. The van der Waals surface area contributed by atoms with Crippen molar-refractivity contribution < 1.29 is 23.0 Å². The quantitative estimate of drug-likeness (QED) is 0.281. The third kappa shape index (κ3) is 12.6. The van der Waals surface area contributed by atoms with Crippen LogP contribution in [0.3, 0.4) is 0 Å². The zero-order valence-corrected chi connectivity index (χ0v) is 32.6. The molecule has 2 aliphatic rings. The molecule has 0 unspecified atom stereocenters. The van der Waals surface area contributed by atoms with Gasteiger partial charge in [-0.2, -0.15) is 0 Å². The minimum Gasteiger partial charge on any atom is -0.386 e. The molecular weight excluding hydrogens is 619 g/mol. The highest BCUT2D eigenvalue weighted by molar-refractivity contribution is 5.32. The van der Waals surface area contributed by atoms with E-state index in [0.29, 0.717) is 11.0 Å². The molecule has 0 atom stereocenters. The number of hydrogen-bond acceptors (Lipinski definition) is 3. The molecular formula is C43H64F3NO2. The number of ether oxygens (including phenoxy) is 1.